The van der Waals surface area contributed by atoms with Crippen LogP contribution < -0.4 is 21.7 Å². The van der Waals surface area contributed by atoms with Crippen molar-refractivity contribution in [3.8, 4) is 0 Å². The lowest BCUT2D eigenvalue weighted by atomic mass is 9.97. The summed E-state index contributed by atoms with van der Waals surface area (Å²) in [4.78, 5) is 19.6. The SMILES string of the molecule is CCC(C)=CNC1NC(c2ccc(NC(=O)c3cc(CN4CCCC(N)C4)ccn3)cc2)=C/C1=C(/C)C(C)C. The fourth-order valence-electron chi connectivity index (χ4n) is 4.93. The van der Waals surface area contributed by atoms with Crippen LogP contribution in [0.1, 0.15) is 75.5 Å². The summed E-state index contributed by atoms with van der Waals surface area (Å²) < 4.78 is 0. The lowest BCUT2D eigenvalue weighted by Crippen LogP contribution is -2.42. The molecule has 5 N–H and O–H groups in total. The largest absolute Gasteiger partial charge is 0.368 e. The van der Waals surface area contributed by atoms with Crippen molar-refractivity contribution in [1.29, 1.82) is 0 Å². The van der Waals surface area contributed by atoms with Gasteiger partial charge in [0.2, 0.25) is 0 Å². The number of carbonyl (C=O) groups excluding carboxylic acids is 1. The van der Waals surface area contributed by atoms with E-state index in [-0.39, 0.29) is 18.1 Å². The van der Waals surface area contributed by atoms with E-state index >= 15 is 0 Å². The second kappa shape index (κ2) is 13.1. The molecule has 2 aliphatic rings. The Labute approximate surface area is 233 Å². The van der Waals surface area contributed by atoms with Gasteiger partial charge in [0.15, 0.2) is 0 Å². The van der Waals surface area contributed by atoms with Crippen molar-refractivity contribution in [1.82, 2.24) is 20.5 Å². The van der Waals surface area contributed by atoms with Crippen LogP contribution in [0.2, 0.25) is 0 Å². The number of aromatic nitrogens is 1. The Morgan fingerprint density at radius 3 is 2.69 bits per heavy atom. The molecule has 0 saturated carbocycles. The molecule has 39 heavy (non-hydrogen) atoms. The second-order valence-corrected chi connectivity index (χ2v) is 11.2. The van der Waals surface area contributed by atoms with Crippen LogP contribution in [-0.2, 0) is 6.54 Å². The minimum Gasteiger partial charge on any atom is -0.368 e. The third-order valence-electron chi connectivity index (χ3n) is 7.75. The van der Waals surface area contributed by atoms with Crippen molar-refractivity contribution in [3.05, 3.63) is 88.4 Å². The average Bonchev–Trinajstić information content (AvgIpc) is 3.36. The fourth-order valence-corrected chi connectivity index (χ4v) is 4.93. The van der Waals surface area contributed by atoms with E-state index in [1.165, 1.54) is 16.7 Å². The second-order valence-electron chi connectivity index (χ2n) is 11.2. The molecular weight excluding hydrogens is 484 g/mol. The number of carbonyl (C=O) groups is 1. The molecule has 1 fully saturated rings. The lowest BCUT2D eigenvalue weighted by Gasteiger charge is -2.30. The molecule has 0 radical (unpaired) electrons. The molecular formula is C32H44N6O. The zero-order valence-corrected chi connectivity index (χ0v) is 24.1. The molecule has 208 valence electrons. The van der Waals surface area contributed by atoms with Gasteiger partial charge in [-0.1, -0.05) is 44.1 Å². The number of benzene rings is 1. The predicted octanol–water partition coefficient (Wildman–Crippen LogP) is 5.40. The van der Waals surface area contributed by atoms with Crippen molar-refractivity contribution in [2.24, 2.45) is 11.7 Å². The first kappa shape index (κ1) is 28.6. The van der Waals surface area contributed by atoms with Gasteiger partial charge in [-0.25, -0.2) is 0 Å². The monoisotopic (exact) mass is 528 g/mol. The highest BCUT2D eigenvalue weighted by Crippen LogP contribution is 2.28. The number of rotatable bonds is 9. The molecule has 2 aliphatic heterocycles. The minimum absolute atomic E-state index is 0.0299. The smallest absolute Gasteiger partial charge is 0.274 e. The number of likely N-dealkylation sites (tertiary alicyclic amines) is 1. The Morgan fingerprint density at radius 1 is 1.23 bits per heavy atom. The summed E-state index contributed by atoms with van der Waals surface area (Å²) in [7, 11) is 0. The first-order valence-corrected chi connectivity index (χ1v) is 14.2. The number of anilines is 1. The molecule has 0 spiro atoms. The van der Waals surface area contributed by atoms with Gasteiger partial charge in [0.25, 0.3) is 5.91 Å². The number of allylic oxidation sites excluding steroid dienone is 2. The minimum atomic E-state index is -0.210. The number of pyridine rings is 1. The first-order chi connectivity index (χ1) is 18.7. The summed E-state index contributed by atoms with van der Waals surface area (Å²) in [5.41, 5.74) is 14.4. The Balaban J connectivity index is 1.43. The van der Waals surface area contributed by atoms with Gasteiger partial charge in [-0.15, -0.1) is 0 Å². The number of hydrogen-bond donors (Lipinski definition) is 4. The molecule has 1 aromatic heterocycles. The maximum atomic E-state index is 13.0. The predicted molar refractivity (Wildman–Crippen MR) is 161 cm³/mol. The highest BCUT2D eigenvalue weighted by atomic mass is 16.1. The topological polar surface area (TPSA) is 95.3 Å². The van der Waals surface area contributed by atoms with E-state index in [9.17, 15) is 4.79 Å². The van der Waals surface area contributed by atoms with Crippen LogP contribution >= 0.6 is 0 Å². The lowest BCUT2D eigenvalue weighted by molar-refractivity contribution is 0.102. The number of nitrogens with one attached hydrogen (secondary N) is 3. The van der Waals surface area contributed by atoms with Gasteiger partial charge in [0.1, 0.15) is 11.9 Å². The molecule has 7 nitrogen and oxygen atoms in total. The number of hydrogen-bond acceptors (Lipinski definition) is 6. The summed E-state index contributed by atoms with van der Waals surface area (Å²) >= 11 is 0. The molecule has 4 rings (SSSR count). The summed E-state index contributed by atoms with van der Waals surface area (Å²) in [5.74, 6) is 0.248. The van der Waals surface area contributed by atoms with Gasteiger partial charge in [-0.05, 0) is 98.8 Å². The molecule has 0 bridgehead atoms. The van der Waals surface area contributed by atoms with Crippen LogP contribution in [0, 0.1) is 5.92 Å². The summed E-state index contributed by atoms with van der Waals surface area (Å²) in [6.45, 7) is 13.7. The molecule has 2 atom stereocenters. The van der Waals surface area contributed by atoms with E-state index in [4.69, 9.17) is 5.73 Å². The highest BCUT2D eigenvalue weighted by Gasteiger charge is 2.24. The molecule has 3 heterocycles. The van der Waals surface area contributed by atoms with Crippen LogP contribution in [0.5, 0.6) is 0 Å². The zero-order chi connectivity index (χ0) is 27.9. The molecule has 7 heteroatoms. The van der Waals surface area contributed by atoms with Gasteiger partial charge >= 0.3 is 0 Å². The maximum absolute atomic E-state index is 13.0. The average molecular weight is 529 g/mol. The van der Waals surface area contributed by atoms with E-state index in [0.29, 0.717) is 11.6 Å². The van der Waals surface area contributed by atoms with Gasteiger partial charge in [0, 0.05) is 36.7 Å². The van der Waals surface area contributed by atoms with E-state index in [2.05, 4.69) is 72.7 Å². The summed E-state index contributed by atoms with van der Waals surface area (Å²) in [6.07, 6.45) is 9.29. The summed E-state index contributed by atoms with van der Waals surface area (Å²) in [6, 6.07) is 12.0. The van der Waals surface area contributed by atoms with Crippen LogP contribution in [0.3, 0.4) is 0 Å². The number of nitrogens with zero attached hydrogens (tertiary/aromatic N) is 2. The van der Waals surface area contributed by atoms with Crippen LogP contribution in [0.4, 0.5) is 5.69 Å². The van der Waals surface area contributed by atoms with Crippen molar-refractivity contribution in [2.75, 3.05) is 18.4 Å². The Morgan fingerprint density at radius 2 is 2.00 bits per heavy atom. The van der Waals surface area contributed by atoms with Crippen LogP contribution in [-0.4, -0.2) is 41.1 Å². The molecule has 1 saturated heterocycles. The molecule has 2 unspecified atom stereocenters. The molecule has 1 amide bonds. The van der Waals surface area contributed by atoms with E-state index in [1.807, 2.05) is 36.4 Å². The van der Waals surface area contributed by atoms with Gasteiger partial charge in [-0.3, -0.25) is 14.7 Å². The van der Waals surface area contributed by atoms with Crippen LogP contribution in [0.25, 0.3) is 5.70 Å². The van der Waals surface area contributed by atoms with Gasteiger partial charge in [0.05, 0.1) is 0 Å². The molecule has 2 aromatic rings. The molecule has 0 aliphatic carbocycles. The van der Waals surface area contributed by atoms with Crippen molar-refractivity contribution in [3.63, 3.8) is 0 Å². The standard InChI is InChI=1S/C32H44N6O/c1-6-22(4)18-35-31-28(23(5)21(2)3)17-29(37-31)25-9-11-27(12-10-25)36-32(39)30-16-24(13-14-34-30)19-38-15-7-8-26(33)20-38/h9-14,16-18,21,26,31,35,37H,6-8,15,19-20,33H2,1-5H3,(H,36,39)/b22-18?,28-23+. The number of piperidine rings is 1. The number of amides is 1. The Hall–Kier alpha value is -3.42. The number of nitrogens with two attached hydrogens (primary N) is 1. The Kier molecular flexibility index (Phi) is 9.59. The van der Waals surface area contributed by atoms with E-state index in [1.54, 1.807) is 6.20 Å². The van der Waals surface area contributed by atoms with E-state index < -0.39 is 0 Å². The molecule has 1 aromatic carbocycles. The van der Waals surface area contributed by atoms with Gasteiger partial charge in [-0.2, -0.15) is 0 Å². The first-order valence-electron chi connectivity index (χ1n) is 14.2. The fraction of sp³-hybridized carbons (Fsp3) is 0.438. The summed E-state index contributed by atoms with van der Waals surface area (Å²) in [5, 5.41) is 10.2. The third-order valence-corrected chi connectivity index (χ3v) is 7.75. The highest BCUT2D eigenvalue weighted by molar-refractivity contribution is 6.03. The third kappa shape index (κ3) is 7.58. The van der Waals surface area contributed by atoms with E-state index in [0.717, 1.165) is 61.4 Å². The zero-order valence-electron chi connectivity index (χ0n) is 24.1. The normalized spacial score (nSPS) is 21.4. The van der Waals surface area contributed by atoms with Crippen LogP contribution in [0.15, 0.2) is 71.6 Å². The maximum Gasteiger partial charge on any atom is 0.274 e. The van der Waals surface area contributed by atoms with Gasteiger partial charge < -0.3 is 21.7 Å². The van der Waals surface area contributed by atoms with Crippen molar-refractivity contribution < 1.29 is 4.79 Å². The van der Waals surface area contributed by atoms with Crippen molar-refractivity contribution in [2.45, 2.75) is 72.6 Å². The Bertz CT molecular complexity index is 1240. The van der Waals surface area contributed by atoms with Crippen molar-refractivity contribution >= 4 is 17.3 Å². The quantitative estimate of drug-likeness (QED) is 0.348.